The first-order valence-electron chi connectivity index (χ1n) is 8.09. The minimum absolute atomic E-state index is 0.324. The molecule has 140 valence electrons. The maximum atomic E-state index is 12.5. The van der Waals surface area contributed by atoms with E-state index >= 15 is 0 Å². The Bertz CT molecular complexity index is 1010. The molecule has 3 rings (SSSR count). The van der Waals surface area contributed by atoms with Crippen LogP contribution in [0.1, 0.15) is 37.8 Å². The van der Waals surface area contributed by atoms with Crippen LogP contribution in [0.3, 0.4) is 0 Å². The first-order chi connectivity index (χ1) is 12.9. The van der Waals surface area contributed by atoms with Gasteiger partial charge in [0.05, 0.1) is 17.8 Å². The van der Waals surface area contributed by atoms with Crippen LogP contribution < -0.4 is 10.9 Å². The molecule has 3 aromatic rings. The van der Waals surface area contributed by atoms with Gasteiger partial charge in [-0.05, 0) is 47.5 Å². The third kappa shape index (κ3) is 4.23. The van der Waals surface area contributed by atoms with Gasteiger partial charge >= 0.3 is 0 Å². The summed E-state index contributed by atoms with van der Waals surface area (Å²) in [6.07, 6.45) is 1.63. The quantitative estimate of drug-likeness (QED) is 0.532. The van der Waals surface area contributed by atoms with Gasteiger partial charge in [0.1, 0.15) is 5.69 Å². The highest BCUT2D eigenvalue weighted by Gasteiger charge is 2.20. The number of carbonyl (C=O) groups excluding carboxylic acids is 2. The number of aromatic nitrogens is 3. The summed E-state index contributed by atoms with van der Waals surface area (Å²) in [6, 6.07) is 9.09. The average molecular weight is 451 g/mol. The van der Waals surface area contributed by atoms with Crippen LogP contribution in [-0.2, 0) is 6.54 Å². The Morgan fingerprint density at radius 1 is 1.22 bits per heavy atom. The van der Waals surface area contributed by atoms with E-state index in [1.807, 2.05) is 24.3 Å². The third-order valence-corrected chi connectivity index (χ3v) is 4.90. The van der Waals surface area contributed by atoms with Crippen molar-refractivity contribution >= 4 is 39.3 Å². The molecule has 0 spiro atoms. The lowest BCUT2D eigenvalue weighted by atomic mass is 10.2. The van der Waals surface area contributed by atoms with Crippen molar-refractivity contribution in [1.29, 1.82) is 0 Å². The normalized spacial score (nSPS) is 10.7. The van der Waals surface area contributed by atoms with Gasteiger partial charge in [0.25, 0.3) is 11.8 Å². The Morgan fingerprint density at radius 2 is 1.93 bits per heavy atom. The van der Waals surface area contributed by atoms with Gasteiger partial charge in [-0.15, -0.1) is 0 Å². The SMILES string of the molecule is Cc1nn(Cc2ccccc2Cl)c(C)c1C(=O)NNC(=O)c1cc(Br)c[nH]1. The highest BCUT2D eigenvalue weighted by atomic mass is 79.9. The molecule has 2 heterocycles. The van der Waals surface area contributed by atoms with E-state index in [9.17, 15) is 9.59 Å². The number of nitrogens with zero attached hydrogens (tertiary/aromatic N) is 2. The molecule has 0 fully saturated rings. The Labute approximate surface area is 169 Å². The van der Waals surface area contributed by atoms with Crippen molar-refractivity contribution in [3.8, 4) is 0 Å². The summed E-state index contributed by atoms with van der Waals surface area (Å²) in [5.74, 6) is -0.887. The lowest BCUT2D eigenvalue weighted by Gasteiger charge is -2.08. The molecule has 0 aliphatic heterocycles. The number of hydrogen-bond acceptors (Lipinski definition) is 3. The number of benzene rings is 1. The number of halogens is 2. The van der Waals surface area contributed by atoms with Crippen LogP contribution in [-0.4, -0.2) is 26.6 Å². The van der Waals surface area contributed by atoms with Crippen LogP contribution in [0.15, 0.2) is 41.0 Å². The molecule has 0 radical (unpaired) electrons. The molecule has 0 saturated heterocycles. The molecule has 0 aliphatic carbocycles. The maximum absolute atomic E-state index is 12.5. The fourth-order valence-corrected chi connectivity index (χ4v) is 3.25. The molecule has 7 nitrogen and oxygen atoms in total. The van der Waals surface area contributed by atoms with Crippen LogP contribution in [0.4, 0.5) is 0 Å². The van der Waals surface area contributed by atoms with Crippen molar-refractivity contribution < 1.29 is 9.59 Å². The van der Waals surface area contributed by atoms with Crippen molar-refractivity contribution in [2.45, 2.75) is 20.4 Å². The van der Waals surface area contributed by atoms with Crippen LogP contribution in [0, 0.1) is 13.8 Å². The Hall–Kier alpha value is -2.58. The molecule has 0 atom stereocenters. The minimum atomic E-state index is -0.451. The lowest BCUT2D eigenvalue weighted by Crippen LogP contribution is -2.42. The molecule has 0 bridgehead atoms. The molecule has 0 aliphatic rings. The summed E-state index contributed by atoms with van der Waals surface area (Å²) in [7, 11) is 0. The summed E-state index contributed by atoms with van der Waals surface area (Å²) in [5.41, 5.74) is 7.70. The van der Waals surface area contributed by atoms with Crippen molar-refractivity contribution in [3.63, 3.8) is 0 Å². The molecule has 2 amide bonds. The first kappa shape index (κ1) is 19.2. The second kappa shape index (κ2) is 7.98. The smallest absolute Gasteiger partial charge is 0.286 e. The summed E-state index contributed by atoms with van der Waals surface area (Å²) in [5, 5.41) is 5.07. The van der Waals surface area contributed by atoms with E-state index in [0.29, 0.717) is 34.2 Å². The summed E-state index contributed by atoms with van der Waals surface area (Å²) in [4.78, 5) is 27.4. The second-order valence-electron chi connectivity index (χ2n) is 5.93. The number of rotatable bonds is 4. The van der Waals surface area contributed by atoms with E-state index < -0.39 is 11.8 Å². The standard InChI is InChI=1S/C18H17BrClN5O2/c1-10-16(18(27)23-22-17(26)15-7-13(19)8-21-15)11(2)25(24-10)9-12-5-3-4-6-14(12)20/h3-8,21H,9H2,1-2H3,(H,22,26)(H,23,27). The number of hydrogen-bond donors (Lipinski definition) is 3. The van der Waals surface area contributed by atoms with Gasteiger partial charge in [0, 0.05) is 21.4 Å². The third-order valence-electron chi connectivity index (χ3n) is 4.07. The van der Waals surface area contributed by atoms with Gasteiger partial charge in [-0.25, -0.2) is 0 Å². The highest BCUT2D eigenvalue weighted by molar-refractivity contribution is 9.10. The van der Waals surface area contributed by atoms with Gasteiger partial charge in [0.2, 0.25) is 0 Å². The van der Waals surface area contributed by atoms with Crippen molar-refractivity contribution in [1.82, 2.24) is 25.6 Å². The molecular formula is C18H17BrClN5O2. The van der Waals surface area contributed by atoms with Gasteiger partial charge in [-0.1, -0.05) is 29.8 Å². The zero-order valence-corrected chi connectivity index (χ0v) is 17.0. The number of amides is 2. The summed E-state index contributed by atoms with van der Waals surface area (Å²) in [6.45, 7) is 3.99. The predicted molar refractivity (Wildman–Crippen MR) is 106 cm³/mol. The lowest BCUT2D eigenvalue weighted by molar-refractivity contribution is 0.0843. The predicted octanol–water partition coefficient (Wildman–Crippen LogP) is 3.37. The minimum Gasteiger partial charge on any atom is -0.356 e. The van der Waals surface area contributed by atoms with Gasteiger partial charge < -0.3 is 4.98 Å². The number of carbonyl (C=O) groups is 2. The number of aromatic amines is 1. The molecular weight excluding hydrogens is 434 g/mol. The number of nitrogens with one attached hydrogen (secondary N) is 3. The van der Waals surface area contributed by atoms with Crippen LogP contribution in [0.5, 0.6) is 0 Å². The molecule has 3 N–H and O–H groups in total. The van der Waals surface area contributed by atoms with Gasteiger partial charge in [-0.3, -0.25) is 25.1 Å². The van der Waals surface area contributed by atoms with Crippen molar-refractivity contribution in [3.05, 3.63) is 74.2 Å². The van der Waals surface area contributed by atoms with Crippen LogP contribution in [0.25, 0.3) is 0 Å². The second-order valence-corrected chi connectivity index (χ2v) is 7.26. The highest BCUT2D eigenvalue weighted by Crippen LogP contribution is 2.19. The van der Waals surface area contributed by atoms with E-state index in [4.69, 9.17) is 11.6 Å². The Kier molecular flexibility index (Phi) is 5.67. The number of aryl methyl sites for hydroxylation is 1. The fraction of sp³-hybridized carbons (Fsp3) is 0.167. The summed E-state index contributed by atoms with van der Waals surface area (Å²) < 4.78 is 2.46. The maximum Gasteiger partial charge on any atom is 0.286 e. The number of hydrazine groups is 1. The van der Waals surface area contributed by atoms with Crippen molar-refractivity contribution in [2.24, 2.45) is 0 Å². The largest absolute Gasteiger partial charge is 0.356 e. The van der Waals surface area contributed by atoms with E-state index in [0.717, 1.165) is 10.0 Å². The Morgan fingerprint density at radius 3 is 2.59 bits per heavy atom. The van der Waals surface area contributed by atoms with E-state index in [1.165, 1.54) is 0 Å². The molecule has 27 heavy (non-hydrogen) atoms. The van der Waals surface area contributed by atoms with Crippen molar-refractivity contribution in [2.75, 3.05) is 0 Å². The topological polar surface area (TPSA) is 91.8 Å². The van der Waals surface area contributed by atoms with Gasteiger partial charge in [-0.2, -0.15) is 5.10 Å². The zero-order valence-electron chi connectivity index (χ0n) is 14.6. The van der Waals surface area contributed by atoms with E-state index in [1.54, 1.807) is 30.8 Å². The van der Waals surface area contributed by atoms with Crippen LogP contribution in [0.2, 0.25) is 5.02 Å². The van der Waals surface area contributed by atoms with E-state index in [-0.39, 0.29) is 0 Å². The monoisotopic (exact) mass is 449 g/mol. The average Bonchev–Trinajstić information content (AvgIpc) is 3.18. The van der Waals surface area contributed by atoms with Gasteiger partial charge in [0.15, 0.2) is 0 Å². The zero-order chi connectivity index (χ0) is 19.6. The molecule has 1 aromatic carbocycles. The molecule has 0 unspecified atom stereocenters. The molecule has 9 heteroatoms. The van der Waals surface area contributed by atoms with Crippen LogP contribution >= 0.6 is 27.5 Å². The van der Waals surface area contributed by atoms with E-state index in [2.05, 4.69) is 36.9 Å². The first-order valence-corrected chi connectivity index (χ1v) is 9.26. The summed E-state index contributed by atoms with van der Waals surface area (Å²) >= 11 is 9.46. The fourth-order valence-electron chi connectivity index (χ4n) is 2.71. The number of H-pyrrole nitrogens is 1. The molecule has 0 saturated carbocycles. The Balaban J connectivity index is 1.73. The molecule has 2 aromatic heterocycles.